The Morgan fingerprint density at radius 1 is 1.38 bits per heavy atom. The molecule has 1 saturated heterocycles. The Labute approximate surface area is 81.3 Å². The zero-order valence-electron chi connectivity index (χ0n) is 7.62. The Morgan fingerprint density at radius 3 is 2.62 bits per heavy atom. The third-order valence-electron chi connectivity index (χ3n) is 2.55. The second-order valence-corrected chi connectivity index (χ2v) is 4.84. The summed E-state index contributed by atoms with van der Waals surface area (Å²) in [4.78, 5) is 0. The minimum absolute atomic E-state index is 0.0515. The summed E-state index contributed by atoms with van der Waals surface area (Å²) in [6, 6.07) is 0.175. The number of thioether (sulfide) groups is 1. The van der Waals surface area contributed by atoms with E-state index in [9.17, 15) is 0 Å². The predicted octanol–water partition coefficient (Wildman–Crippen LogP) is 1.44. The maximum absolute atomic E-state index is 5.40. The summed E-state index contributed by atoms with van der Waals surface area (Å²) in [5.74, 6) is 3.03. The molecule has 0 unspecified atom stereocenters. The zero-order valence-corrected chi connectivity index (χ0v) is 8.43. The molecule has 0 spiro atoms. The van der Waals surface area contributed by atoms with Crippen LogP contribution in [-0.4, -0.2) is 21.7 Å². The Bertz CT molecular complexity index is 293. The van der Waals surface area contributed by atoms with E-state index in [0.29, 0.717) is 5.89 Å². The van der Waals surface area contributed by atoms with Gasteiger partial charge in [-0.15, -0.1) is 5.10 Å². The van der Waals surface area contributed by atoms with Gasteiger partial charge in [-0.25, -0.2) is 0 Å². The van der Waals surface area contributed by atoms with Crippen molar-refractivity contribution in [1.29, 1.82) is 0 Å². The van der Waals surface area contributed by atoms with Crippen LogP contribution in [-0.2, 0) is 5.41 Å². The van der Waals surface area contributed by atoms with E-state index >= 15 is 0 Å². The van der Waals surface area contributed by atoms with Crippen molar-refractivity contribution < 1.29 is 4.42 Å². The molecule has 5 heteroatoms. The number of rotatable bonds is 1. The van der Waals surface area contributed by atoms with Crippen molar-refractivity contribution in [1.82, 2.24) is 10.2 Å². The Hall–Kier alpha value is -0.710. The summed E-state index contributed by atoms with van der Waals surface area (Å²) < 4.78 is 5.27. The second-order valence-electron chi connectivity index (χ2n) is 3.62. The fourth-order valence-electron chi connectivity index (χ4n) is 1.51. The van der Waals surface area contributed by atoms with Crippen molar-refractivity contribution in [2.75, 3.05) is 17.2 Å². The van der Waals surface area contributed by atoms with Crippen LogP contribution in [0.4, 0.5) is 6.01 Å². The van der Waals surface area contributed by atoms with Gasteiger partial charge in [0.15, 0.2) is 0 Å². The van der Waals surface area contributed by atoms with Gasteiger partial charge in [-0.05, 0) is 24.3 Å². The van der Waals surface area contributed by atoms with Gasteiger partial charge in [0, 0.05) is 5.41 Å². The molecule has 1 aromatic rings. The highest BCUT2D eigenvalue weighted by molar-refractivity contribution is 7.99. The molecule has 4 nitrogen and oxygen atoms in total. The summed E-state index contributed by atoms with van der Waals surface area (Å²) in [6.45, 7) is 2.17. The predicted molar refractivity (Wildman–Crippen MR) is 52.6 cm³/mol. The Morgan fingerprint density at radius 2 is 2.08 bits per heavy atom. The SMILES string of the molecule is CC1(c2nnc(N)o2)CCSCC1. The highest BCUT2D eigenvalue weighted by Crippen LogP contribution is 2.37. The van der Waals surface area contributed by atoms with Crippen LogP contribution in [0, 0.1) is 0 Å². The molecular formula is C8H13N3OS. The van der Waals surface area contributed by atoms with Crippen molar-refractivity contribution in [3.63, 3.8) is 0 Å². The molecule has 0 bridgehead atoms. The van der Waals surface area contributed by atoms with Crippen LogP contribution in [0.15, 0.2) is 4.42 Å². The van der Waals surface area contributed by atoms with Gasteiger partial charge in [-0.2, -0.15) is 11.8 Å². The molecule has 0 amide bonds. The third kappa shape index (κ3) is 1.65. The monoisotopic (exact) mass is 199 g/mol. The van der Waals surface area contributed by atoms with Crippen LogP contribution in [0.1, 0.15) is 25.7 Å². The number of aromatic nitrogens is 2. The fourth-order valence-corrected chi connectivity index (χ4v) is 2.91. The number of anilines is 1. The normalized spacial score (nSPS) is 21.6. The van der Waals surface area contributed by atoms with E-state index in [-0.39, 0.29) is 11.4 Å². The van der Waals surface area contributed by atoms with Gasteiger partial charge in [-0.1, -0.05) is 12.0 Å². The Balaban J connectivity index is 2.22. The van der Waals surface area contributed by atoms with E-state index in [2.05, 4.69) is 17.1 Å². The van der Waals surface area contributed by atoms with Gasteiger partial charge in [0.05, 0.1) is 0 Å². The largest absolute Gasteiger partial charge is 0.408 e. The minimum atomic E-state index is 0.0515. The standard InChI is InChI=1S/C8H13N3OS/c1-8(2-4-13-5-3-8)6-10-11-7(9)12-6/h2-5H2,1H3,(H2,9,11). The average Bonchev–Trinajstić information content (AvgIpc) is 2.54. The lowest BCUT2D eigenvalue weighted by atomic mass is 9.84. The smallest absolute Gasteiger partial charge is 0.312 e. The molecule has 0 atom stereocenters. The van der Waals surface area contributed by atoms with Crippen molar-refractivity contribution >= 4 is 17.8 Å². The fraction of sp³-hybridized carbons (Fsp3) is 0.750. The first-order chi connectivity index (χ1) is 6.21. The highest BCUT2D eigenvalue weighted by atomic mass is 32.2. The van der Waals surface area contributed by atoms with Crippen LogP contribution in [0.2, 0.25) is 0 Å². The van der Waals surface area contributed by atoms with Crippen molar-refractivity contribution in [3.05, 3.63) is 5.89 Å². The number of hydrogen-bond donors (Lipinski definition) is 1. The lowest BCUT2D eigenvalue weighted by Crippen LogP contribution is -2.27. The topological polar surface area (TPSA) is 64.9 Å². The van der Waals surface area contributed by atoms with Crippen LogP contribution in [0.25, 0.3) is 0 Å². The molecule has 2 heterocycles. The van der Waals surface area contributed by atoms with E-state index in [4.69, 9.17) is 10.2 Å². The first-order valence-electron chi connectivity index (χ1n) is 4.38. The number of nitrogens with zero attached hydrogens (tertiary/aromatic N) is 2. The van der Waals surface area contributed by atoms with Gasteiger partial charge in [0.1, 0.15) is 0 Å². The summed E-state index contributed by atoms with van der Waals surface area (Å²) >= 11 is 1.98. The maximum Gasteiger partial charge on any atom is 0.312 e. The molecule has 0 aliphatic carbocycles. The average molecular weight is 199 g/mol. The van der Waals surface area contributed by atoms with Crippen LogP contribution in [0.3, 0.4) is 0 Å². The quantitative estimate of drug-likeness (QED) is 0.741. The number of hydrogen-bond acceptors (Lipinski definition) is 5. The molecule has 2 rings (SSSR count). The molecular weight excluding hydrogens is 186 g/mol. The van der Waals surface area contributed by atoms with E-state index in [1.165, 1.54) is 11.5 Å². The van der Waals surface area contributed by atoms with Crippen molar-refractivity contribution in [2.45, 2.75) is 25.2 Å². The van der Waals surface area contributed by atoms with Gasteiger partial charge < -0.3 is 10.2 Å². The van der Waals surface area contributed by atoms with Crippen LogP contribution in [0.5, 0.6) is 0 Å². The van der Waals surface area contributed by atoms with Crippen molar-refractivity contribution in [2.24, 2.45) is 0 Å². The first-order valence-corrected chi connectivity index (χ1v) is 5.53. The van der Waals surface area contributed by atoms with Gasteiger partial charge in [0.25, 0.3) is 0 Å². The summed E-state index contributed by atoms with van der Waals surface area (Å²) in [5.41, 5.74) is 5.45. The first kappa shape index (κ1) is 8.87. The third-order valence-corrected chi connectivity index (χ3v) is 3.54. The van der Waals surface area contributed by atoms with Gasteiger partial charge in [-0.3, -0.25) is 0 Å². The van der Waals surface area contributed by atoms with Crippen LogP contribution >= 0.6 is 11.8 Å². The van der Waals surface area contributed by atoms with E-state index < -0.39 is 0 Å². The second kappa shape index (κ2) is 3.21. The molecule has 2 N–H and O–H groups in total. The van der Waals surface area contributed by atoms with Gasteiger partial charge in [0.2, 0.25) is 5.89 Å². The molecule has 1 aromatic heterocycles. The number of nitrogens with two attached hydrogens (primary N) is 1. The zero-order chi connectivity index (χ0) is 9.31. The molecule has 13 heavy (non-hydrogen) atoms. The lowest BCUT2D eigenvalue weighted by molar-refractivity contribution is 0.329. The molecule has 0 radical (unpaired) electrons. The number of nitrogen functional groups attached to an aromatic ring is 1. The van der Waals surface area contributed by atoms with Crippen LogP contribution < -0.4 is 5.73 Å². The molecule has 0 saturated carbocycles. The summed E-state index contributed by atoms with van der Waals surface area (Å²) in [5, 5.41) is 7.65. The summed E-state index contributed by atoms with van der Waals surface area (Å²) in [7, 11) is 0. The molecule has 1 aliphatic rings. The van der Waals surface area contributed by atoms with Crippen molar-refractivity contribution in [3.8, 4) is 0 Å². The molecule has 0 aromatic carbocycles. The molecule has 1 aliphatic heterocycles. The van der Waals surface area contributed by atoms with E-state index in [0.717, 1.165) is 12.8 Å². The molecule has 1 fully saturated rings. The van der Waals surface area contributed by atoms with E-state index in [1.807, 2.05) is 11.8 Å². The van der Waals surface area contributed by atoms with Gasteiger partial charge >= 0.3 is 6.01 Å². The Kier molecular flexibility index (Phi) is 2.19. The summed E-state index contributed by atoms with van der Waals surface area (Å²) in [6.07, 6.45) is 2.19. The maximum atomic E-state index is 5.40. The minimum Gasteiger partial charge on any atom is -0.408 e. The lowest BCUT2D eigenvalue weighted by Gasteiger charge is -2.29. The molecule has 72 valence electrons. The highest BCUT2D eigenvalue weighted by Gasteiger charge is 2.34. The van der Waals surface area contributed by atoms with E-state index in [1.54, 1.807) is 0 Å².